The predicted molar refractivity (Wildman–Crippen MR) is 67.5 cm³/mol. The number of nitriles is 1. The first-order valence-electron chi connectivity index (χ1n) is 6.65. The molecule has 1 aliphatic carbocycles. The SMILES string of the molecule is N#Cc1ccc(CN2C(=O)C3CCCC3C2=O)c(F)c1. The summed E-state index contributed by atoms with van der Waals surface area (Å²) in [5.74, 6) is -1.32. The number of fused-ring (bicyclic) bond motifs is 1. The Hall–Kier alpha value is -2.22. The monoisotopic (exact) mass is 272 g/mol. The van der Waals surface area contributed by atoms with E-state index >= 15 is 0 Å². The van der Waals surface area contributed by atoms with Gasteiger partial charge >= 0.3 is 0 Å². The summed E-state index contributed by atoms with van der Waals surface area (Å²) >= 11 is 0. The quantitative estimate of drug-likeness (QED) is 0.773. The molecule has 0 radical (unpaired) electrons. The Kier molecular flexibility index (Phi) is 3.01. The minimum atomic E-state index is -0.554. The van der Waals surface area contributed by atoms with Crippen molar-refractivity contribution in [3.05, 3.63) is 35.1 Å². The summed E-state index contributed by atoms with van der Waals surface area (Å²) in [6.07, 6.45) is 2.41. The van der Waals surface area contributed by atoms with Crippen LogP contribution in [0.5, 0.6) is 0 Å². The van der Waals surface area contributed by atoms with Crippen LogP contribution in [0.4, 0.5) is 4.39 Å². The van der Waals surface area contributed by atoms with Crippen molar-refractivity contribution >= 4 is 11.8 Å². The maximum atomic E-state index is 13.8. The molecular formula is C15H13FN2O2. The molecule has 1 aromatic rings. The smallest absolute Gasteiger partial charge is 0.233 e. The highest BCUT2D eigenvalue weighted by Crippen LogP contribution is 2.40. The van der Waals surface area contributed by atoms with Gasteiger partial charge in [0.1, 0.15) is 5.82 Å². The number of imide groups is 1. The molecule has 4 nitrogen and oxygen atoms in total. The van der Waals surface area contributed by atoms with Gasteiger partial charge in [-0.1, -0.05) is 12.5 Å². The molecule has 1 aromatic carbocycles. The van der Waals surface area contributed by atoms with E-state index < -0.39 is 5.82 Å². The lowest BCUT2D eigenvalue weighted by molar-refractivity contribution is -0.141. The molecule has 20 heavy (non-hydrogen) atoms. The van der Waals surface area contributed by atoms with Crippen LogP contribution in [-0.2, 0) is 16.1 Å². The maximum absolute atomic E-state index is 13.8. The Morgan fingerprint density at radius 3 is 2.45 bits per heavy atom. The molecule has 3 rings (SSSR count). The molecule has 2 unspecified atom stereocenters. The summed E-state index contributed by atoms with van der Waals surface area (Å²) in [4.78, 5) is 25.5. The molecule has 0 N–H and O–H groups in total. The maximum Gasteiger partial charge on any atom is 0.233 e. The molecule has 2 fully saturated rings. The van der Waals surface area contributed by atoms with E-state index in [9.17, 15) is 14.0 Å². The van der Waals surface area contributed by atoms with Gasteiger partial charge in [-0.25, -0.2) is 4.39 Å². The molecule has 0 bridgehead atoms. The molecule has 5 heteroatoms. The summed E-state index contributed by atoms with van der Waals surface area (Å²) in [6, 6.07) is 5.93. The third kappa shape index (κ3) is 1.88. The van der Waals surface area contributed by atoms with Crippen LogP contribution in [0.3, 0.4) is 0 Å². The van der Waals surface area contributed by atoms with Gasteiger partial charge < -0.3 is 0 Å². The van der Waals surface area contributed by atoms with Gasteiger partial charge in [-0.3, -0.25) is 14.5 Å². The van der Waals surface area contributed by atoms with Crippen molar-refractivity contribution in [1.29, 1.82) is 5.26 Å². The van der Waals surface area contributed by atoms with E-state index in [0.29, 0.717) is 0 Å². The largest absolute Gasteiger partial charge is 0.278 e. The minimum absolute atomic E-state index is 0.0395. The van der Waals surface area contributed by atoms with Gasteiger partial charge in [-0.15, -0.1) is 0 Å². The van der Waals surface area contributed by atoms with Crippen molar-refractivity contribution in [3.63, 3.8) is 0 Å². The molecule has 1 saturated heterocycles. The van der Waals surface area contributed by atoms with Crippen LogP contribution < -0.4 is 0 Å². The van der Waals surface area contributed by atoms with Gasteiger partial charge in [0.05, 0.1) is 30.0 Å². The van der Waals surface area contributed by atoms with E-state index in [-0.39, 0.29) is 41.3 Å². The summed E-state index contributed by atoms with van der Waals surface area (Å²) in [5, 5.41) is 8.69. The van der Waals surface area contributed by atoms with Gasteiger partial charge in [-0.05, 0) is 25.0 Å². The highest BCUT2D eigenvalue weighted by atomic mass is 19.1. The van der Waals surface area contributed by atoms with Gasteiger partial charge in [-0.2, -0.15) is 5.26 Å². The van der Waals surface area contributed by atoms with Crippen molar-refractivity contribution < 1.29 is 14.0 Å². The van der Waals surface area contributed by atoms with E-state index in [1.54, 1.807) is 0 Å². The summed E-state index contributed by atoms with van der Waals surface area (Å²) in [6.45, 7) is -0.0395. The van der Waals surface area contributed by atoms with E-state index in [2.05, 4.69) is 0 Å². The third-order valence-electron chi connectivity index (χ3n) is 4.19. The van der Waals surface area contributed by atoms with Crippen LogP contribution in [-0.4, -0.2) is 16.7 Å². The lowest BCUT2D eigenvalue weighted by Gasteiger charge is -2.16. The second-order valence-corrected chi connectivity index (χ2v) is 5.32. The van der Waals surface area contributed by atoms with Crippen molar-refractivity contribution in [2.45, 2.75) is 25.8 Å². The first kappa shape index (κ1) is 12.8. The number of carbonyl (C=O) groups is 2. The number of likely N-dealkylation sites (tertiary alicyclic amines) is 1. The molecule has 1 aliphatic heterocycles. The van der Waals surface area contributed by atoms with Crippen LogP contribution in [0.2, 0.25) is 0 Å². The number of hydrogen-bond donors (Lipinski definition) is 0. The third-order valence-corrected chi connectivity index (χ3v) is 4.19. The Labute approximate surface area is 115 Å². The van der Waals surface area contributed by atoms with Gasteiger partial charge in [0.2, 0.25) is 11.8 Å². The first-order chi connectivity index (χ1) is 9.61. The zero-order chi connectivity index (χ0) is 14.3. The Balaban J connectivity index is 1.84. The molecule has 2 aliphatic rings. The lowest BCUT2D eigenvalue weighted by Crippen LogP contribution is -2.31. The van der Waals surface area contributed by atoms with Crippen LogP contribution >= 0.6 is 0 Å². The van der Waals surface area contributed by atoms with Gasteiger partial charge in [0.25, 0.3) is 0 Å². The first-order valence-corrected chi connectivity index (χ1v) is 6.65. The summed E-state index contributed by atoms with van der Waals surface area (Å²) in [7, 11) is 0. The van der Waals surface area contributed by atoms with E-state index in [4.69, 9.17) is 5.26 Å². The van der Waals surface area contributed by atoms with Crippen molar-refractivity contribution in [1.82, 2.24) is 4.90 Å². The fraction of sp³-hybridized carbons (Fsp3) is 0.400. The highest BCUT2D eigenvalue weighted by Gasteiger charge is 2.49. The zero-order valence-corrected chi connectivity index (χ0v) is 10.8. The fourth-order valence-electron chi connectivity index (χ4n) is 3.13. The summed E-state index contributed by atoms with van der Waals surface area (Å²) in [5.41, 5.74) is 0.493. The van der Waals surface area contributed by atoms with Crippen LogP contribution in [0, 0.1) is 29.0 Å². The zero-order valence-electron chi connectivity index (χ0n) is 10.8. The average molecular weight is 272 g/mol. The molecule has 1 saturated carbocycles. The Bertz CT molecular complexity index is 613. The molecule has 2 atom stereocenters. The normalized spacial score (nSPS) is 24.9. The van der Waals surface area contributed by atoms with E-state index in [0.717, 1.165) is 25.3 Å². The molecule has 0 aromatic heterocycles. The molecule has 102 valence electrons. The lowest BCUT2D eigenvalue weighted by atomic mass is 10.00. The molecule has 0 spiro atoms. The summed E-state index contributed by atoms with van der Waals surface area (Å²) < 4.78 is 13.8. The Morgan fingerprint density at radius 2 is 1.90 bits per heavy atom. The highest BCUT2D eigenvalue weighted by molar-refractivity contribution is 6.05. The van der Waals surface area contributed by atoms with E-state index in [1.807, 2.05) is 6.07 Å². The second-order valence-electron chi connectivity index (χ2n) is 5.32. The minimum Gasteiger partial charge on any atom is -0.278 e. The number of nitrogens with zero attached hydrogens (tertiary/aromatic N) is 2. The van der Waals surface area contributed by atoms with Crippen molar-refractivity contribution in [2.24, 2.45) is 11.8 Å². The molecule has 2 amide bonds. The fourth-order valence-corrected chi connectivity index (χ4v) is 3.13. The number of hydrogen-bond acceptors (Lipinski definition) is 3. The Morgan fingerprint density at radius 1 is 1.25 bits per heavy atom. The van der Waals surface area contributed by atoms with Gasteiger partial charge in [0, 0.05) is 5.56 Å². The van der Waals surface area contributed by atoms with Crippen LogP contribution in [0.1, 0.15) is 30.4 Å². The number of carbonyl (C=O) groups excluding carboxylic acids is 2. The topological polar surface area (TPSA) is 61.2 Å². The van der Waals surface area contributed by atoms with Crippen molar-refractivity contribution in [3.8, 4) is 6.07 Å². The van der Waals surface area contributed by atoms with Gasteiger partial charge in [0.15, 0.2) is 0 Å². The van der Waals surface area contributed by atoms with E-state index in [1.165, 1.54) is 17.0 Å². The molecular weight excluding hydrogens is 259 g/mol. The second kappa shape index (κ2) is 4.71. The number of halogens is 1. The standard InChI is InChI=1S/C15H13FN2O2/c16-13-6-9(7-17)4-5-10(13)8-18-14(19)11-2-1-3-12(11)15(18)20/h4-6,11-12H,1-3,8H2. The average Bonchev–Trinajstić information content (AvgIpc) is 3.00. The predicted octanol–water partition coefficient (Wildman–Crippen LogP) is 1.98. The number of amides is 2. The van der Waals surface area contributed by atoms with Crippen LogP contribution in [0.15, 0.2) is 18.2 Å². The molecule has 1 heterocycles. The van der Waals surface area contributed by atoms with Crippen LogP contribution in [0.25, 0.3) is 0 Å². The number of rotatable bonds is 2. The number of benzene rings is 1. The van der Waals surface area contributed by atoms with Crippen molar-refractivity contribution in [2.75, 3.05) is 0 Å².